The van der Waals surface area contributed by atoms with Crippen LogP contribution in [0, 0.1) is 6.92 Å². The van der Waals surface area contributed by atoms with E-state index in [4.69, 9.17) is 10.2 Å². The third-order valence-electron chi connectivity index (χ3n) is 3.10. The normalized spacial score (nSPS) is 10.5. The molecule has 0 spiro atoms. The molecule has 1 aromatic carbocycles. The Morgan fingerprint density at radius 3 is 2.38 bits per heavy atom. The fourth-order valence-corrected chi connectivity index (χ4v) is 2.02. The molecular formula is C14H15N3O4. The Hall–Kier alpha value is -2.70. The molecule has 0 radical (unpaired) electrons. The van der Waals surface area contributed by atoms with Crippen LogP contribution < -0.4 is 0 Å². The highest BCUT2D eigenvalue weighted by Crippen LogP contribution is 2.12. The van der Waals surface area contributed by atoms with Crippen molar-refractivity contribution in [3.05, 3.63) is 46.8 Å². The summed E-state index contributed by atoms with van der Waals surface area (Å²) in [5.41, 5.74) is 2.32. The number of aryl methyl sites for hydroxylation is 2. The van der Waals surface area contributed by atoms with Gasteiger partial charge >= 0.3 is 11.9 Å². The maximum atomic E-state index is 11.1. The zero-order chi connectivity index (χ0) is 15.4. The molecule has 0 amide bonds. The molecule has 0 unspecified atom stereocenters. The molecule has 0 atom stereocenters. The number of hydrogen-bond acceptors (Lipinski definition) is 4. The van der Waals surface area contributed by atoms with Crippen molar-refractivity contribution in [2.24, 2.45) is 0 Å². The number of benzene rings is 1. The molecule has 1 aromatic heterocycles. The highest BCUT2D eigenvalue weighted by Gasteiger charge is 2.19. The Balaban J connectivity index is 2.20. The molecule has 0 saturated carbocycles. The van der Waals surface area contributed by atoms with E-state index in [-0.39, 0.29) is 5.69 Å². The largest absolute Gasteiger partial charge is 0.480 e. The molecule has 0 bridgehead atoms. The van der Waals surface area contributed by atoms with Gasteiger partial charge in [-0.25, -0.2) is 9.48 Å². The lowest BCUT2D eigenvalue weighted by Crippen LogP contribution is -2.15. The van der Waals surface area contributed by atoms with Crippen LogP contribution >= 0.6 is 0 Å². The fourth-order valence-electron chi connectivity index (χ4n) is 2.02. The first-order chi connectivity index (χ1) is 9.97. The van der Waals surface area contributed by atoms with Crippen LogP contribution in [0.15, 0.2) is 24.3 Å². The predicted octanol–water partition coefficient (Wildman–Crippen LogP) is 1.15. The zero-order valence-corrected chi connectivity index (χ0v) is 11.5. The first kappa shape index (κ1) is 14.7. The van der Waals surface area contributed by atoms with Gasteiger partial charge in [-0.2, -0.15) is 0 Å². The van der Waals surface area contributed by atoms with Crippen molar-refractivity contribution in [2.45, 2.75) is 26.3 Å². The molecule has 0 aliphatic heterocycles. The molecule has 110 valence electrons. The maximum Gasteiger partial charge on any atom is 0.358 e. The van der Waals surface area contributed by atoms with Gasteiger partial charge in [0.2, 0.25) is 0 Å². The Morgan fingerprint density at radius 1 is 1.14 bits per heavy atom. The van der Waals surface area contributed by atoms with E-state index in [1.165, 1.54) is 0 Å². The quantitative estimate of drug-likeness (QED) is 0.826. The highest BCUT2D eigenvalue weighted by atomic mass is 16.4. The van der Waals surface area contributed by atoms with E-state index < -0.39 is 18.5 Å². The van der Waals surface area contributed by atoms with Gasteiger partial charge in [0.15, 0.2) is 5.69 Å². The number of carboxylic acids is 2. The minimum Gasteiger partial charge on any atom is -0.480 e. The zero-order valence-electron chi connectivity index (χ0n) is 11.5. The molecule has 0 fully saturated rings. The first-order valence-corrected chi connectivity index (χ1v) is 6.40. The molecule has 0 aliphatic rings. The topological polar surface area (TPSA) is 105 Å². The van der Waals surface area contributed by atoms with Crippen molar-refractivity contribution in [2.75, 3.05) is 0 Å². The van der Waals surface area contributed by atoms with Gasteiger partial charge < -0.3 is 10.2 Å². The van der Waals surface area contributed by atoms with E-state index in [2.05, 4.69) is 10.3 Å². The number of aromatic carboxylic acids is 1. The number of carboxylic acid groups (broad SMARTS) is 2. The van der Waals surface area contributed by atoms with Gasteiger partial charge in [-0.15, -0.1) is 5.10 Å². The number of hydrogen-bond donors (Lipinski definition) is 2. The van der Waals surface area contributed by atoms with Crippen LogP contribution in [0.4, 0.5) is 0 Å². The molecule has 2 rings (SSSR count). The number of carbonyl (C=O) groups is 2. The van der Waals surface area contributed by atoms with E-state index in [9.17, 15) is 9.59 Å². The van der Waals surface area contributed by atoms with Crippen molar-refractivity contribution >= 4 is 11.9 Å². The standard InChI is InChI=1S/C14H15N3O4/c1-9-2-4-10(5-3-9)6-7-11-13(14(20)21)15-16-17(11)8-12(18)19/h2-5H,6-8H2,1H3,(H,18,19)(H,20,21). The van der Waals surface area contributed by atoms with Crippen molar-refractivity contribution in [3.63, 3.8) is 0 Å². The summed E-state index contributed by atoms with van der Waals surface area (Å²) in [5, 5.41) is 25.1. The maximum absolute atomic E-state index is 11.1. The fraction of sp³-hybridized carbons (Fsp3) is 0.286. The van der Waals surface area contributed by atoms with Gasteiger partial charge in [-0.1, -0.05) is 35.0 Å². The summed E-state index contributed by atoms with van der Waals surface area (Å²) in [5.74, 6) is -2.29. The second kappa shape index (κ2) is 6.17. The van der Waals surface area contributed by atoms with Crippen LogP contribution in [0.3, 0.4) is 0 Å². The minimum absolute atomic E-state index is 0.191. The van der Waals surface area contributed by atoms with Crippen LogP contribution in [-0.2, 0) is 24.2 Å². The molecule has 0 aliphatic carbocycles. The third-order valence-corrected chi connectivity index (χ3v) is 3.10. The Labute approximate surface area is 120 Å². The van der Waals surface area contributed by atoms with Crippen molar-refractivity contribution in [1.82, 2.24) is 15.0 Å². The molecule has 7 nitrogen and oxygen atoms in total. The Bertz CT molecular complexity index is 661. The SMILES string of the molecule is Cc1ccc(CCc2c(C(=O)O)nnn2CC(=O)O)cc1. The third kappa shape index (κ3) is 3.65. The van der Waals surface area contributed by atoms with Crippen molar-refractivity contribution < 1.29 is 19.8 Å². The molecule has 2 N–H and O–H groups in total. The van der Waals surface area contributed by atoms with E-state index in [1.807, 2.05) is 31.2 Å². The van der Waals surface area contributed by atoms with Crippen LogP contribution in [-0.4, -0.2) is 37.1 Å². The summed E-state index contributed by atoms with van der Waals surface area (Å²) < 4.78 is 1.12. The monoisotopic (exact) mass is 289 g/mol. The summed E-state index contributed by atoms with van der Waals surface area (Å²) in [7, 11) is 0. The summed E-state index contributed by atoms with van der Waals surface area (Å²) in [4.78, 5) is 21.9. The van der Waals surface area contributed by atoms with Gasteiger partial charge in [0.05, 0.1) is 5.69 Å². The molecular weight excluding hydrogens is 274 g/mol. The first-order valence-electron chi connectivity index (χ1n) is 6.40. The molecule has 2 aromatic rings. The van der Waals surface area contributed by atoms with E-state index in [0.717, 1.165) is 15.8 Å². The summed E-state index contributed by atoms with van der Waals surface area (Å²) >= 11 is 0. The van der Waals surface area contributed by atoms with Gasteiger partial charge in [-0.05, 0) is 25.3 Å². The Morgan fingerprint density at radius 2 is 1.81 bits per heavy atom. The second-order valence-corrected chi connectivity index (χ2v) is 4.73. The van der Waals surface area contributed by atoms with Crippen molar-refractivity contribution in [3.8, 4) is 0 Å². The molecule has 1 heterocycles. The van der Waals surface area contributed by atoms with Crippen LogP contribution in [0.25, 0.3) is 0 Å². The van der Waals surface area contributed by atoms with Crippen LogP contribution in [0.5, 0.6) is 0 Å². The lowest BCUT2D eigenvalue weighted by molar-refractivity contribution is -0.138. The van der Waals surface area contributed by atoms with Gasteiger partial charge in [0.1, 0.15) is 6.54 Å². The van der Waals surface area contributed by atoms with Gasteiger partial charge in [0.25, 0.3) is 0 Å². The minimum atomic E-state index is -1.20. The van der Waals surface area contributed by atoms with E-state index in [1.54, 1.807) is 0 Å². The average molecular weight is 289 g/mol. The number of aliphatic carboxylic acids is 1. The van der Waals surface area contributed by atoms with E-state index >= 15 is 0 Å². The smallest absolute Gasteiger partial charge is 0.358 e. The molecule has 0 saturated heterocycles. The van der Waals surface area contributed by atoms with E-state index in [0.29, 0.717) is 18.5 Å². The lowest BCUT2D eigenvalue weighted by atomic mass is 10.1. The molecule has 21 heavy (non-hydrogen) atoms. The lowest BCUT2D eigenvalue weighted by Gasteiger charge is -2.05. The summed E-state index contributed by atoms with van der Waals surface area (Å²) in [6.45, 7) is 1.58. The predicted molar refractivity (Wildman–Crippen MR) is 73.2 cm³/mol. The number of aromatic nitrogens is 3. The average Bonchev–Trinajstić information content (AvgIpc) is 2.80. The van der Waals surface area contributed by atoms with Crippen molar-refractivity contribution in [1.29, 1.82) is 0 Å². The second-order valence-electron chi connectivity index (χ2n) is 4.73. The summed E-state index contributed by atoms with van der Waals surface area (Å²) in [6, 6.07) is 7.86. The summed E-state index contributed by atoms with van der Waals surface area (Å²) in [6.07, 6.45) is 0.957. The van der Waals surface area contributed by atoms with Crippen LogP contribution in [0.1, 0.15) is 27.3 Å². The van der Waals surface area contributed by atoms with Gasteiger partial charge in [-0.3, -0.25) is 4.79 Å². The highest BCUT2D eigenvalue weighted by molar-refractivity contribution is 5.86. The Kier molecular flexibility index (Phi) is 4.32. The number of nitrogens with zero attached hydrogens (tertiary/aromatic N) is 3. The molecule has 7 heteroatoms. The van der Waals surface area contributed by atoms with Crippen LogP contribution in [0.2, 0.25) is 0 Å². The van der Waals surface area contributed by atoms with Gasteiger partial charge in [0, 0.05) is 0 Å². The number of rotatable bonds is 6.